The van der Waals surface area contributed by atoms with Crippen LogP contribution in [0.3, 0.4) is 0 Å². The summed E-state index contributed by atoms with van der Waals surface area (Å²) in [4.78, 5) is 29.3. The van der Waals surface area contributed by atoms with E-state index in [1.54, 1.807) is 28.9 Å². The highest BCUT2D eigenvalue weighted by molar-refractivity contribution is 5.96. The van der Waals surface area contributed by atoms with Crippen molar-refractivity contribution in [3.8, 4) is 5.75 Å². The van der Waals surface area contributed by atoms with Crippen molar-refractivity contribution in [2.75, 3.05) is 39.5 Å². The molecule has 0 N–H and O–H groups in total. The van der Waals surface area contributed by atoms with Crippen LogP contribution in [0, 0.1) is 13.8 Å². The van der Waals surface area contributed by atoms with Gasteiger partial charge in [0.2, 0.25) is 0 Å². The van der Waals surface area contributed by atoms with E-state index >= 15 is 0 Å². The minimum Gasteiger partial charge on any atom is -0.491 e. The predicted molar refractivity (Wildman–Crippen MR) is 102 cm³/mol. The molecule has 3 heterocycles. The van der Waals surface area contributed by atoms with Crippen molar-refractivity contribution < 1.29 is 23.5 Å². The van der Waals surface area contributed by atoms with Crippen LogP contribution in [0.4, 0.5) is 0 Å². The second-order valence-electron chi connectivity index (χ2n) is 7.13. The van der Waals surface area contributed by atoms with Gasteiger partial charge in [-0.25, -0.2) is 0 Å². The number of carbonyl (C=O) groups is 2. The second kappa shape index (κ2) is 7.67. The van der Waals surface area contributed by atoms with Crippen molar-refractivity contribution in [2.45, 2.75) is 20.4 Å². The van der Waals surface area contributed by atoms with Crippen LogP contribution in [0.15, 0.2) is 28.7 Å². The lowest BCUT2D eigenvalue weighted by molar-refractivity contribution is 0.0303. The fourth-order valence-corrected chi connectivity index (χ4v) is 3.66. The van der Waals surface area contributed by atoms with E-state index in [0.717, 1.165) is 5.56 Å². The first-order chi connectivity index (χ1) is 13.5. The van der Waals surface area contributed by atoms with Crippen LogP contribution in [0.25, 0.3) is 0 Å². The van der Waals surface area contributed by atoms with E-state index in [-0.39, 0.29) is 11.8 Å². The molecule has 0 spiro atoms. The van der Waals surface area contributed by atoms with E-state index in [0.29, 0.717) is 74.4 Å². The quantitative estimate of drug-likeness (QED) is 0.795. The Morgan fingerprint density at radius 1 is 0.929 bits per heavy atom. The van der Waals surface area contributed by atoms with E-state index < -0.39 is 0 Å². The maximum Gasteiger partial charge on any atom is 0.257 e. The van der Waals surface area contributed by atoms with Gasteiger partial charge in [-0.05, 0) is 38.1 Å². The minimum absolute atomic E-state index is 0.0190. The van der Waals surface area contributed by atoms with Gasteiger partial charge in [0.15, 0.2) is 0 Å². The van der Waals surface area contributed by atoms with Crippen molar-refractivity contribution in [2.24, 2.45) is 0 Å². The molecule has 28 heavy (non-hydrogen) atoms. The van der Waals surface area contributed by atoms with Gasteiger partial charge in [-0.2, -0.15) is 0 Å². The van der Waals surface area contributed by atoms with Crippen LogP contribution in [-0.2, 0) is 11.3 Å². The third kappa shape index (κ3) is 3.62. The molecular formula is C21H24N2O5. The lowest BCUT2D eigenvalue weighted by Crippen LogP contribution is -2.40. The minimum atomic E-state index is -0.0873. The summed E-state index contributed by atoms with van der Waals surface area (Å²) in [7, 11) is 0. The van der Waals surface area contributed by atoms with Crippen molar-refractivity contribution in [3.63, 3.8) is 0 Å². The second-order valence-corrected chi connectivity index (χ2v) is 7.13. The lowest BCUT2D eigenvalue weighted by Gasteiger charge is -2.27. The van der Waals surface area contributed by atoms with Gasteiger partial charge < -0.3 is 23.7 Å². The average Bonchev–Trinajstić information content (AvgIpc) is 2.91. The zero-order valence-electron chi connectivity index (χ0n) is 16.2. The molecule has 2 aliphatic rings. The molecule has 7 heteroatoms. The molecule has 0 aliphatic carbocycles. The van der Waals surface area contributed by atoms with E-state index in [9.17, 15) is 9.59 Å². The van der Waals surface area contributed by atoms with Crippen molar-refractivity contribution in [3.05, 3.63) is 52.5 Å². The highest BCUT2D eigenvalue weighted by Gasteiger charge is 2.25. The summed E-state index contributed by atoms with van der Waals surface area (Å²) in [5.74, 6) is 1.94. The lowest BCUT2D eigenvalue weighted by atomic mass is 10.1. The third-order valence-corrected chi connectivity index (χ3v) is 5.14. The standard InChI is InChI=1S/C21H24N2O5/c1-14-11-18(15(2)28-14)21(25)23-7-10-27-19-4-3-16(12-17(19)13-23)20(24)22-5-8-26-9-6-22/h3-4,11-12H,5-10,13H2,1-2H3. The number of amides is 2. The molecule has 0 unspecified atom stereocenters. The number of ether oxygens (including phenoxy) is 2. The highest BCUT2D eigenvalue weighted by Crippen LogP contribution is 2.27. The van der Waals surface area contributed by atoms with E-state index in [1.807, 2.05) is 19.1 Å². The Hall–Kier alpha value is -2.80. The van der Waals surface area contributed by atoms with Gasteiger partial charge in [0.1, 0.15) is 23.9 Å². The van der Waals surface area contributed by atoms with Crippen LogP contribution in [0.1, 0.15) is 37.8 Å². The summed E-state index contributed by atoms with van der Waals surface area (Å²) < 4.78 is 16.6. The first-order valence-electron chi connectivity index (χ1n) is 9.52. The van der Waals surface area contributed by atoms with Crippen LogP contribution in [0.5, 0.6) is 5.75 Å². The molecule has 4 rings (SSSR count). The number of benzene rings is 1. The van der Waals surface area contributed by atoms with Crippen molar-refractivity contribution >= 4 is 11.8 Å². The predicted octanol–water partition coefficient (Wildman–Crippen LogP) is 2.40. The number of hydrogen-bond donors (Lipinski definition) is 0. The fourth-order valence-electron chi connectivity index (χ4n) is 3.66. The zero-order chi connectivity index (χ0) is 19.7. The fraction of sp³-hybridized carbons (Fsp3) is 0.429. The number of morpholine rings is 1. The number of fused-ring (bicyclic) bond motifs is 1. The van der Waals surface area contributed by atoms with Crippen LogP contribution in [-0.4, -0.2) is 61.1 Å². The Balaban J connectivity index is 1.57. The van der Waals surface area contributed by atoms with Gasteiger partial charge in [-0.15, -0.1) is 0 Å². The van der Waals surface area contributed by atoms with Gasteiger partial charge in [0, 0.05) is 30.8 Å². The number of aryl methyl sites for hydroxylation is 2. The third-order valence-electron chi connectivity index (χ3n) is 5.14. The molecule has 1 saturated heterocycles. The number of rotatable bonds is 2. The molecule has 7 nitrogen and oxygen atoms in total. The summed E-state index contributed by atoms with van der Waals surface area (Å²) in [5, 5.41) is 0. The van der Waals surface area contributed by atoms with Crippen LogP contribution >= 0.6 is 0 Å². The number of carbonyl (C=O) groups excluding carboxylic acids is 2. The molecule has 0 bridgehead atoms. The molecule has 0 radical (unpaired) electrons. The largest absolute Gasteiger partial charge is 0.491 e. The Bertz CT molecular complexity index is 898. The molecule has 148 valence electrons. The van der Waals surface area contributed by atoms with E-state index in [2.05, 4.69) is 0 Å². The average molecular weight is 384 g/mol. The molecule has 1 fully saturated rings. The van der Waals surface area contributed by atoms with Gasteiger partial charge in [0.25, 0.3) is 11.8 Å². The van der Waals surface area contributed by atoms with Gasteiger partial charge in [-0.3, -0.25) is 9.59 Å². The molecule has 0 atom stereocenters. The monoisotopic (exact) mass is 384 g/mol. The first kappa shape index (κ1) is 18.6. The maximum atomic E-state index is 13.0. The highest BCUT2D eigenvalue weighted by atomic mass is 16.5. The topological polar surface area (TPSA) is 72.2 Å². The summed E-state index contributed by atoms with van der Waals surface area (Å²) in [6, 6.07) is 7.22. The first-order valence-corrected chi connectivity index (χ1v) is 9.52. The molecule has 1 aromatic heterocycles. The Morgan fingerprint density at radius 3 is 2.39 bits per heavy atom. The SMILES string of the molecule is Cc1cc(C(=O)N2CCOc3ccc(C(=O)N4CCOCC4)cc3C2)c(C)o1. The van der Waals surface area contributed by atoms with Crippen LogP contribution in [0.2, 0.25) is 0 Å². The Morgan fingerprint density at radius 2 is 1.68 bits per heavy atom. The van der Waals surface area contributed by atoms with Crippen molar-refractivity contribution in [1.29, 1.82) is 0 Å². The van der Waals surface area contributed by atoms with Crippen molar-refractivity contribution in [1.82, 2.24) is 9.80 Å². The number of furan rings is 1. The summed E-state index contributed by atoms with van der Waals surface area (Å²) in [6.45, 7) is 7.20. The van der Waals surface area contributed by atoms with E-state index in [4.69, 9.17) is 13.9 Å². The Labute approximate surface area is 163 Å². The number of nitrogens with zero attached hydrogens (tertiary/aromatic N) is 2. The molecule has 1 aromatic carbocycles. The Kier molecular flexibility index (Phi) is 5.09. The zero-order valence-corrected chi connectivity index (χ0v) is 16.2. The molecular weight excluding hydrogens is 360 g/mol. The number of hydrogen-bond acceptors (Lipinski definition) is 5. The van der Waals surface area contributed by atoms with Gasteiger partial charge in [-0.1, -0.05) is 0 Å². The molecule has 0 saturated carbocycles. The molecule has 2 aromatic rings. The summed E-state index contributed by atoms with van der Waals surface area (Å²) in [5.41, 5.74) is 2.01. The van der Waals surface area contributed by atoms with Gasteiger partial charge in [0.05, 0.1) is 25.3 Å². The summed E-state index contributed by atoms with van der Waals surface area (Å²) >= 11 is 0. The van der Waals surface area contributed by atoms with Gasteiger partial charge >= 0.3 is 0 Å². The molecule has 2 amide bonds. The van der Waals surface area contributed by atoms with E-state index in [1.165, 1.54) is 0 Å². The van der Waals surface area contributed by atoms with Crippen LogP contribution < -0.4 is 4.74 Å². The summed E-state index contributed by atoms with van der Waals surface area (Å²) in [6.07, 6.45) is 0. The normalized spacial score (nSPS) is 16.9. The smallest absolute Gasteiger partial charge is 0.257 e. The molecule has 2 aliphatic heterocycles. The maximum absolute atomic E-state index is 13.0.